The van der Waals surface area contributed by atoms with E-state index >= 15 is 0 Å². The van der Waals surface area contributed by atoms with Crippen molar-refractivity contribution < 1.29 is 15.3 Å². The Labute approximate surface area is 185 Å². The Hall–Kier alpha value is -0.120. The quantitative estimate of drug-likeness (QED) is 0.546. The highest BCUT2D eigenvalue weighted by Crippen LogP contribution is 2.69. The largest absolute Gasteiger partial charge is 0.393 e. The molecule has 0 heterocycles. The summed E-state index contributed by atoms with van der Waals surface area (Å²) in [6.45, 7) is 11.9. The van der Waals surface area contributed by atoms with Gasteiger partial charge in [-0.15, -0.1) is 0 Å². The summed E-state index contributed by atoms with van der Waals surface area (Å²) in [5.41, 5.74) is -0.929. The first-order chi connectivity index (χ1) is 14.0. The van der Waals surface area contributed by atoms with E-state index in [2.05, 4.69) is 34.6 Å². The van der Waals surface area contributed by atoms with Crippen LogP contribution in [0.5, 0.6) is 0 Å². The van der Waals surface area contributed by atoms with Crippen LogP contribution >= 0.6 is 0 Å². The van der Waals surface area contributed by atoms with Crippen LogP contribution in [-0.2, 0) is 0 Å². The minimum absolute atomic E-state index is 0.395. The average Bonchev–Trinajstić information content (AvgIpc) is 3.00. The van der Waals surface area contributed by atoms with Gasteiger partial charge in [0.05, 0.1) is 17.8 Å². The van der Waals surface area contributed by atoms with Gasteiger partial charge in [-0.05, 0) is 85.9 Å². The van der Waals surface area contributed by atoms with Gasteiger partial charge in [0.25, 0.3) is 0 Å². The lowest BCUT2D eigenvalue weighted by Gasteiger charge is -2.65. The fourth-order valence-electron chi connectivity index (χ4n) is 9.33. The number of aliphatic hydroxyl groups excluding tert-OH is 2. The zero-order valence-corrected chi connectivity index (χ0v) is 20.2. The molecule has 0 bridgehead atoms. The van der Waals surface area contributed by atoms with Gasteiger partial charge >= 0.3 is 0 Å². The molecule has 3 nitrogen and oxygen atoms in total. The minimum atomic E-state index is -0.902. The Kier molecular flexibility index (Phi) is 6.17. The fourth-order valence-corrected chi connectivity index (χ4v) is 9.33. The smallest absolute Gasteiger partial charge is 0.0753 e. The van der Waals surface area contributed by atoms with Crippen molar-refractivity contribution in [1.29, 1.82) is 0 Å². The maximum atomic E-state index is 11.6. The van der Waals surface area contributed by atoms with E-state index in [0.717, 1.165) is 42.9 Å². The van der Waals surface area contributed by atoms with Gasteiger partial charge in [0.1, 0.15) is 0 Å². The lowest BCUT2D eigenvalue weighted by molar-refractivity contribution is -0.259. The van der Waals surface area contributed by atoms with E-state index in [4.69, 9.17) is 0 Å². The van der Waals surface area contributed by atoms with Crippen molar-refractivity contribution in [1.82, 2.24) is 0 Å². The third-order valence-electron chi connectivity index (χ3n) is 11.1. The maximum Gasteiger partial charge on any atom is 0.0753 e. The van der Waals surface area contributed by atoms with Gasteiger partial charge < -0.3 is 15.3 Å². The topological polar surface area (TPSA) is 60.7 Å². The van der Waals surface area contributed by atoms with Crippen LogP contribution in [0.4, 0.5) is 0 Å². The summed E-state index contributed by atoms with van der Waals surface area (Å²) in [5.74, 6) is 4.22. The summed E-state index contributed by atoms with van der Waals surface area (Å²) in [6, 6.07) is 0. The first kappa shape index (κ1) is 23.1. The Morgan fingerprint density at radius 3 is 2.33 bits per heavy atom. The van der Waals surface area contributed by atoms with Crippen LogP contribution in [0.1, 0.15) is 105 Å². The van der Waals surface area contributed by atoms with Crippen LogP contribution in [0.25, 0.3) is 0 Å². The predicted molar refractivity (Wildman–Crippen MR) is 122 cm³/mol. The van der Waals surface area contributed by atoms with Crippen molar-refractivity contribution >= 4 is 0 Å². The summed E-state index contributed by atoms with van der Waals surface area (Å²) in [4.78, 5) is 0. The molecule has 4 aliphatic carbocycles. The highest BCUT2D eigenvalue weighted by Gasteiger charge is 2.67. The second kappa shape index (κ2) is 8.03. The number of rotatable bonds is 5. The Balaban J connectivity index is 1.52. The molecule has 4 fully saturated rings. The second-order valence-electron chi connectivity index (χ2n) is 12.9. The van der Waals surface area contributed by atoms with Gasteiger partial charge in [0.2, 0.25) is 0 Å². The van der Waals surface area contributed by atoms with Gasteiger partial charge in [-0.1, -0.05) is 53.9 Å². The third kappa shape index (κ3) is 3.41. The van der Waals surface area contributed by atoms with Crippen molar-refractivity contribution in [3.8, 4) is 0 Å². The number of hydrogen-bond acceptors (Lipinski definition) is 3. The van der Waals surface area contributed by atoms with Crippen LogP contribution in [0.3, 0.4) is 0 Å². The standard InChI is InChI=1S/C27H48O3/c1-17(2)7-6-8-18(3)21-9-10-22-20-11-14-27(30)16-19(28)15-24(29)26(27,5)23(20)12-13-25(21,22)4/h17-24,28-30H,6-16H2,1-5H3/t18-,19?,20+,21-,22+,23+,24?,25-,26+,27?/m1/s1. The van der Waals surface area contributed by atoms with E-state index in [1.165, 1.54) is 38.5 Å². The molecule has 3 unspecified atom stereocenters. The zero-order valence-electron chi connectivity index (χ0n) is 20.2. The molecule has 0 aromatic carbocycles. The van der Waals surface area contributed by atoms with Crippen molar-refractivity contribution in [3.63, 3.8) is 0 Å². The maximum absolute atomic E-state index is 11.6. The van der Waals surface area contributed by atoms with Crippen molar-refractivity contribution in [2.75, 3.05) is 0 Å². The molecule has 4 saturated carbocycles. The number of hydrogen-bond donors (Lipinski definition) is 3. The molecule has 3 N–H and O–H groups in total. The lowest BCUT2D eigenvalue weighted by atomic mass is 9.42. The molecule has 174 valence electrons. The van der Waals surface area contributed by atoms with E-state index in [0.29, 0.717) is 30.1 Å². The Bertz CT molecular complexity index is 619. The zero-order chi connectivity index (χ0) is 21.9. The molecule has 4 aliphatic rings. The molecular formula is C27H48O3. The number of fused-ring (bicyclic) bond motifs is 5. The Morgan fingerprint density at radius 1 is 0.900 bits per heavy atom. The van der Waals surface area contributed by atoms with Gasteiger partial charge in [0.15, 0.2) is 0 Å². The minimum Gasteiger partial charge on any atom is -0.393 e. The molecule has 0 saturated heterocycles. The molecule has 4 rings (SSSR count). The van der Waals surface area contributed by atoms with Crippen LogP contribution in [0.2, 0.25) is 0 Å². The van der Waals surface area contributed by atoms with Crippen LogP contribution < -0.4 is 0 Å². The first-order valence-electron chi connectivity index (χ1n) is 13.1. The SMILES string of the molecule is CC(C)CCC[C@@H](C)[C@H]1CC[C@H]2[C@@H]3CCC4(O)CC(O)CC(O)[C@]4(C)[C@H]3CC[C@]12C. The van der Waals surface area contributed by atoms with Crippen molar-refractivity contribution in [2.24, 2.45) is 46.3 Å². The van der Waals surface area contributed by atoms with Gasteiger partial charge in [-0.3, -0.25) is 0 Å². The van der Waals surface area contributed by atoms with Crippen LogP contribution in [0, 0.1) is 46.3 Å². The molecule has 0 aromatic rings. The first-order valence-corrected chi connectivity index (χ1v) is 13.1. The third-order valence-corrected chi connectivity index (χ3v) is 11.1. The molecule has 0 radical (unpaired) electrons. The normalized spacial score (nSPS) is 51.9. The lowest BCUT2D eigenvalue weighted by Crippen LogP contribution is -2.67. The summed E-state index contributed by atoms with van der Waals surface area (Å²) < 4.78 is 0. The highest BCUT2D eigenvalue weighted by molar-refractivity contribution is 5.16. The van der Waals surface area contributed by atoms with Crippen LogP contribution in [-0.4, -0.2) is 33.1 Å². The molecule has 3 heteroatoms. The van der Waals surface area contributed by atoms with E-state index in [1.54, 1.807) is 0 Å². The summed E-state index contributed by atoms with van der Waals surface area (Å²) in [5, 5.41) is 33.0. The summed E-state index contributed by atoms with van der Waals surface area (Å²) in [7, 11) is 0. The second-order valence-corrected chi connectivity index (χ2v) is 12.9. The molecule has 0 aromatic heterocycles. The van der Waals surface area contributed by atoms with Gasteiger partial charge in [0, 0.05) is 11.8 Å². The summed E-state index contributed by atoms with van der Waals surface area (Å²) >= 11 is 0. The Morgan fingerprint density at radius 2 is 1.63 bits per heavy atom. The summed E-state index contributed by atoms with van der Waals surface area (Å²) in [6.07, 6.45) is 10.7. The number of aliphatic hydroxyl groups is 3. The average molecular weight is 421 g/mol. The van der Waals surface area contributed by atoms with Crippen molar-refractivity contribution in [3.05, 3.63) is 0 Å². The van der Waals surface area contributed by atoms with Crippen molar-refractivity contribution in [2.45, 2.75) is 123 Å². The molecule has 30 heavy (non-hydrogen) atoms. The predicted octanol–water partition coefficient (Wildman–Crippen LogP) is 5.55. The van der Waals surface area contributed by atoms with E-state index in [9.17, 15) is 15.3 Å². The van der Waals surface area contributed by atoms with E-state index in [1.807, 2.05) is 0 Å². The van der Waals surface area contributed by atoms with Crippen LogP contribution in [0.15, 0.2) is 0 Å². The van der Waals surface area contributed by atoms with E-state index in [-0.39, 0.29) is 0 Å². The highest BCUT2D eigenvalue weighted by atomic mass is 16.3. The molecule has 0 amide bonds. The fraction of sp³-hybridized carbons (Fsp3) is 1.00. The molecule has 0 aliphatic heterocycles. The van der Waals surface area contributed by atoms with Gasteiger partial charge in [-0.2, -0.15) is 0 Å². The molecular weight excluding hydrogens is 372 g/mol. The molecule has 10 atom stereocenters. The van der Waals surface area contributed by atoms with E-state index < -0.39 is 23.2 Å². The molecule has 0 spiro atoms. The monoisotopic (exact) mass is 420 g/mol. The van der Waals surface area contributed by atoms with Gasteiger partial charge in [-0.25, -0.2) is 0 Å².